The molecule has 1 saturated heterocycles. The molecule has 1 aliphatic carbocycles. The molecule has 6 heteroatoms. The summed E-state index contributed by atoms with van der Waals surface area (Å²) in [6, 6.07) is 2.09. The normalized spacial score (nSPS) is 24.7. The SMILES string of the molecule is Cc1cnc([C@@H]2CCON2C(=O)C2CCC(Cc3cc(C)ncc3C)CC2)cn1. The lowest BCUT2D eigenvalue weighted by molar-refractivity contribution is -0.183. The van der Waals surface area contributed by atoms with Crippen LogP contribution >= 0.6 is 0 Å². The molecule has 2 aromatic rings. The summed E-state index contributed by atoms with van der Waals surface area (Å²) in [5, 5.41) is 1.58. The van der Waals surface area contributed by atoms with E-state index in [4.69, 9.17) is 4.84 Å². The number of amides is 1. The Kier molecular flexibility index (Phi) is 5.90. The molecule has 0 N–H and O–H groups in total. The number of aryl methyl sites for hydroxylation is 3. The summed E-state index contributed by atoms with van der Waals surface area (Å²) in [7, 11) is 0. The zero-order valence-electron chi connectivity index (χ0n) is 17.6. The van der Waals surface area contributed by atoms with Crippen molar-refractivity contribution in [2.75, 3.05) is 6.61 Å². The topological polar surface area (TPSA) is 68.2 Å². The highest BCUT2D eigenvalue weighted by Gasteiger charge is 2.38. The summed E-state index contributed by atoms with van der Waals surface area (Å²) in [5.74, 6) is 0.799. The first kappa shape index (κ1) is 20.0. The molecule has 2 fully saturated rings. The molecule has 3 heterocycles. The van der Waals surface area contributed by atoms with E-state index in [1.165, 1.54) is 11.1 Å². The Hall–Kier alpha value is -2.34. The molecule has 1 atom stereocenters. The lowest BCUT2D eigenvalue weighted by atomic mass is 9.78. The monoisotopic (exact) mass is 394 g/mol. The van der Waals surface area contributed by atoms with E-state index in [1.54, 1.807) is 17.5 Å². The molecule has 1 saturated carbocycles. The average molecular weight is 395 g/mol. The summed E-state index contributed by atoms with van der Waals surface area (Å²) < 4.78 is 0. The number of hydrogen-bond acceptors (Lipinski definition) is 5. The van der Waals surface area contributed by atoms with Crippen molar-refractivity contribution in [3.8, 4) is 0 Å². The fourth-order valence-corrected chi connectivity index (χ4v) is 4.54. The maximum atomic E-state index is 13.2. The Morgan fingerprint density at radius 2 is 1.76 bits per heavy atom. The Bertz CT molecular complexity index is 860. The van der Waals surface area contributed by atoms with E-state index in [0.717, 1.165) is 55.6 Å². The molecule has 6 nitrogen and oxygen atoms in total. The van der Waals surface area contributed by atoms with E-state index < -0.39 is 0 Å². The van der Waals surface area contributed by atoms with E-state index in [0.29, 0.717) is 12.5 Å². The maximum absolute atomic E-state index is 13.2. The van der Waals surface area contributed by atoms with Crippen LogP contribution in [0.4, 0.5) is 0 Å². The van der Waals surface area contributed by atoms with Gasteiger partial charge in [-0.25, -0.2) is 5.06 Å². The predicted molar refractivity (Wildman–Crippen MR) is 110 cm³/mol. The Morgan fingerprint density at radius 1 is 1.00 bits per heavy atom. The first-order valence-electron chi connectivity index (χ1n) is 10.7. The van der Waals surface area contributed by atoms with Gasteiger partial charge in [-0.15, -0.1) is 0 Å². The predicted octanol–water partition coefficient (Wildman–Crippen LogP) is 4.05. The Morgan fingerprint density at radius 3 is 2.48 bits per heavy atom. The summed E-state index contributed by atoms with van der Waals surface area (Å²) >= 11 is 0. The molecule has 29 heavy (non-hydrogen) atoms. The van der Waals surface area contributed by atoms with Crippen molar-refractivity contribution in [2.24, 2.45) is 11.8 Å². The largest absolute Gasteiger partial charge is 0.272 e. The highest BCUT2D eigenvalue weighted by molar-refractivity contribution is 5.78. The van der Waals surface area contributed by atoms with Crippen molar-refractivity contribution in [1.82, 2.24) is 20.0 Å². The number of hydrogen-bond donors (Lipinski definition) is 0. The van der Waals surface area contributed by atoms with Gasteiger partial charge in [-0.3, -0.25) is 24.6 Å². The molecule has 0 radical (unpaired) electrons. The highest BCUT2D eigenvalue weighted by atomic mass is 16.7. The molecule has 0 aromatic carbocycles. The minimum atomic E-state index is -0.115. The minimum Gasteiger partial charge on any atom is -0.272 e. The number of rotatable bonds is 4. The average Bonchev–Trinajstić information content (AvgIpc) is 3.21. The molecule has 2 aliphatic rings. The number of hydroxylamine groups is 2. The molecule has 0 unspecified atom stereocenters. The minimum absolute atomic E-state index is 0.0468. The van der Waals surface area contributed by atoms with Crippen LogP contribution in [0.3, 0.4) is 0 Å². The van der Waals surface area contributed by atoms with Crippen LogP contribution in [-0.2, 0) is 16.1 Å². The molecule has 1 aliphatic heterocycles. The fraction of sp³-hybridized carbons (Fsp3) is 0.565. The van der Waals surface area contributed by atoms with Crippen molar-refractivity contribution in [3.63, 3.8) is 0 Å². The van der Waals surface area contributed by atoms with Crippen LogP contribution in [0.2, 0.25) is 0 Å². The molecular formula is C23H30N4O2. The number of nitrogens with zero attached hydrogens (tertiary/aromatic N) is 4. The van der Waals surface area contributed by atoms with Gasteiger partial charge in [0, 0.05) is 30.4 Å². The summed E-state index contributed by atoms with van der Waals surface area (Å²) in [5.41, 5.74) is 5.43. The second kappa shape index (κ2) is 8.57. The van der Waals surface area contributed by atoms with Crippen LogP contribution in [0.5, 0.6) is 0 Å². The van der Waals surface area contributed by atoms with Gasteiger partial charge in [-0.2, -0.15) is 0 Å². The van der Waals surface area contributed by atoms with Crippen molar-refractivity contribution >= 4 is 5.91 Å². The Labute approximate surface area is 172 Å². The number of carbonyl (C=O) groups is 1. The van der Waals surface area contributed by atoms with Gasteiger partial charge in [0.25, 0.3) is 0 Å². The second-order valence-electron chi connectivity index (χ2n) is 8.56. The Balaban J connectivity index is 1.36. The van der Waals surface area contributed by atoms with Crippen molar-refractivity contribution in [1.29, 1.82) is 0 Å². The summed E-state index contributed by atoms with van der Waals surface area (Å²) in [6.45, 7) is 6.65. The zero-order valence-corrected chi connectivity index (χ0v) is 17.6. The summed E-state index contributed by atoms with van der Waals surface area (Å²) in [4.78, 5) is 32.1. The molecule has 1 amide bonds. The van der Waals surface area contributed by atoms with Gasteiger partial charge in [0.1, 0.15) is 6.04 Å². The van der Waals surface area contributed by atoms with Crippen LogP contribution in [0.1, 0.15) is 66.4 Å². The van der Waals surface area contributed by atoms with Gasteiger partial charge in [0.15, 0.2) is 0 Å². The number of pyridine rings is 1. The van der Waals surface area contributed by atoms with Crippen molar-refractivity contribution < 1.29 is 9.63 Å². The smallest absolute Gasteiger partial charge is 0.249 e. The molecular weight excluding hydrogens is 364 g/mol. The van der Waals surface area contributed by atoms with E-state index >= 15 is 0 Å². The van der Waals surface area contributed by atoms with Gasteiger partial charge < -0.3 is 0 Å². The van der Waals surface area contributed by atoms with Gasteiger partial charge in [-0.1, -0.05) is 0 Å². The van der Waals surface area contributed by atoms with Crippen LogP contribution in [-0.4, -0.2) is 32.5 Å². The van der Waals surface area contributed by atoms with Crippen LogP contribution < -0.4 is 0 Å². The van der Waals surface area contributed by atoms with E-state index in [1.807, 2.05) is 20.0 Å². The third-order valence-electron chi connectivity index (χ3n) is 6.32. The fourth-order valence-electron chi connectivity index (χ4n) is 4.54. The lowest BCUT2D eigenvalue weighted by Gasteiger charge is -2.32. The van der Waals surface area contributed by atoms with Crippen LogP contribution in [0.15, 0.2) is 24.7 Å². The van der Waals surface area contributed by atoms with Gasteiger partial charge in [0.05, 0.1) is 24.2 Å². The first-order chi connectivity index (χ1) is 14.0. The second-order valence-corrected chi connectivity index (χ2v) is 8.56. The number of carbonyl (C=O) groups excluding carboxylic acids is 1. The maximum Gasteiger partial charge on any atom is 0.249 e. The van der Waals surface area contributed by atoms with Crippen LogP contribution in [0.25, 0.3) is 0 Å². The third kappa shape index (κ3) is 4.47. The zero-order chi connectivity index (χ0) is 20.4. The molecule has 2 aromatic heterocycles. The van der Waals surface area contributed by atoms with Crippen molar-refractivity contribution in [2.45, 2.75) is 65.3 Å². The van der Waals surface area contributed by atoms with E-state index in [-0.39, 0.29) is 17.9 Å². The first-order valence-corrected chi connectivity index (χ1v) is 10.7. The quantitative estimate of drug-likeness (QED) is 0.782. The standard InChI is InChI=1S/C23H30N4O2/c1-15-12-24-16(2)10-20(15)11-18-4-6-19(7-5-18)23(28)27-22(8-9-29-27)21-14-25-17(3)13-26-21/h10,12-14,18-19,22H,4-9,11H2,1-3H3/t18?,19?,22-/m0/s1. The van der Waals surface area contributed by atoms with Gasteiger partial charge in [-0.05, 0) is 76.0 Å². The third-order valence-corrected chi connectivity index (χ3v) is 6.32. The van der Waals surface area contributed by atoms with E-state index in [2.05, 4.69) is 27.9 Å². The van der Waals surface area contributed by atoms with Gasteiger partial charge in [0.2, 0.25) is 5.91 Å². The lowest BCUT2D eigenvalue weighted by Crippen LogP contribution is -2.37. The van der Waals surface area contributed by atoms with Crippen molar-refractivity contribution in [3.05, 3.63) is 52.9 Å². The molecule has 154 valence electrons. The van der Waals surface area contributed by atoms with Crippen LogP contribution in [0, 0.1) is 32.6 Å². The highest BCUT2D eigenvalue weighted by Crippen LogP contribution is 2.36. The van der Waals surface area contributed by atoms with Gasteiger partial charge >= 0.3 is 0 Å². The number of aromatic nitrogens is 3. The molecule has 4 rings (SSSR count). The summed E-state index contributed by atoms with van der Waals surface area (Å²) in [6.07, 6.45) is 11.4. The molecule has 0 spiro atoms. The van der Waals surface area contributed by atoms with E-state index in [9.17, 15) is 4.79 Å². The molecule has 0 bridgehead atoms.